The van der Waals surface area contributed by atoms with Crippen molar-refractivity contribution in [2.24, 2.45) is 0 Å². The van der Waals surface area contributed by atoms with Gasteiger partial charge in [-0.05, 0) is 18.2 Å². The number of rotatable bonds is 4. The van der Waals surface area contributed by atoms with Gasteiger partial charge in [-0.15, -0.1) is 0 Å². The number of ether oxygens (including phenoxy) is 2. The number of aliphatic hydroxyl groups excluding tert-OH is 1. The molecular formula is C16H17N3O5. The van der Waals surface area contributed by atoms with Gasteiger partial charge < -0.3 is 19.5 Å². The highest BCUT2D eigenvalue weighted by Crippen LogP contribution is 2.41. The monoisotopic (exact) mass is 331 g/mol. The smallest absolute Gasteiger partial charge is 0.311 e. The van der Waals surface area contributed by atoms with E-state index >= 15 is 0 Å². The fraction of sp³-hybridized carbons (Fsp3) is 0.312. The van der Waals surface area contributed by atoms with Crippen LogP contribution in [0, 0.1) is 10.1 Å². The molecule has 1 aliphatic heterocycles. The molecule has 8 heteroatoms. The maximum atomic E-state index is 11.2. The van der Waals surface area contributed by atoms with Gasteiger partial charge in [0.1, 0.15) is 17.6 Å². The van der Waals surface area contributed by atoms with Gasteiger partial charge in [0.15, 0.2) is 0 Å². The number of aromatic nitrogens is 1. The summed E-state index contributed by atoms with van der Waals surface area (Å²) in [6, 6.07) is 6.40. The van der Waals surface area contributed by atoms with Crippen LogP contribution in [-0.2, 0) is 6.54 Å². The summed E-state index contributed by atoms with van der Waals surface area (Å²) in [5.41, 5.74) is 1.28. The van der Waals surface area contributed by atoms with Crippen LogP contribution in [0.5, 0.6) is 11.5 Å². The molecule has 1 N–H and O–H groups in total. The Morgan fingerprint density at radius 2 is 2.00 bits per heavy atom. The van der Waals surface area contributed by atoms with Gasteiger partial charge in [-0.3, -0.25) is 10.1 Å². The molecule has 0 aliphatic carbocycles. The summed E-state index contributed by atoms with van der Waals surface area (Å²) in [5.74, 6) is 1.37. The number of aliphatic hydroxyl groups is 1. The molecule has 1 aliphatic rings. The van der Waals surface area contributed by atoms with Gasteiger partial charge in [-0.2, -0.15) is 0 Å². The lowest BCUT2D eigenvalue weighted by atomic mass is 9.95. The van der Waals surface area contributed by atoms with E-state index in [0.29, 0.717) is 23.6 Å². The molecule has 3 rings (SSSR count). The average molecular weight is 331 g/mol. The molecule has 0 unspecified atom stereocenters. The van der Waals surface area contributed by atoms with E-state index in [-0.39, 0.29) is 18.1 Å². The van der Waals surface area contributed by atoms with Crippen molar-refractivity contribution in [2.75, 3.05) is 25.7 Å². The highest BCUT2D eigenvalue weighted by atomic mass is 16.6. The van der Waals surface area contributed by atoms with Crippen LogP contribution in [-0.4, -0.2) is 35.8 Å². The van der Waals surface area contributed by atoms with Gasteiger partial charge in [0.25, 0.3) is 0 Å². The molecule has 0 fully saturated rings. The van der Waals surface area contributed by atoms with Crippen LogP contribution in [0.3, 0.4) is 0 Å². The summed E-state index contributed by atoms with van der Waals surface area (Å²) in [6.45, 7) is 0.499. The third-order valence-electron chi connectivity index (χ3n) is 4.05. The SMILES string of the molecule is COc1ccc(OC)c2c1CN(c1ncccc1[N+](=O)[O-])C[C@H]2O. The van der Waals surface area contributed by atoms with E-state index in [1.807, 2.05) is 0 Å². The lowest BCUT2D eigenvalue weighted by Crippen LogP contribution is -2.35. The molecule has 2 heterocycles. The second-order valence-corrected chi connectivity index (χ2v) is 5.36. The van der Waals surface area contributed by atoms with Crippen LogP contribution in [0.25, 0.3) is 0 Å². The summed E-state index contributed by atoms with van der Waals surface area (Å²) < 4.78 is 10.7. The zero-order valence-corrected chi connectivity index (χ0v) is 13.3. The van der Waals surface area contributed by atoms with Crippen molar-refractivity contribution in [1.29, 1.82) is 0 Å². The topological polar surface area (TPSA) is 98.0 Å². The number of hydrogen-bond acceptors (Lipinski definition) is 7. The lowest BCUT2D eigenvalue weighted by Gasteiger charge is -2.34. The molecule has 1 aromatic heterocycles. The van der Waals surface area contributed by atoms with Crippen molar-refractivity contribution in [3.05, 3.63) is 51.7 Å². The molecule has 0 amide bonds. The van der Waals surface area contributed by atoms with Crippen LogP contribution >= 0.6 is 0 Å². The summed E-state index contributed by atoms with van der Waals surface area (Å²) >= 11 is 0. The van der Waals surface area contributed by atoms with Gasteiger partial charge in [0.05, 0.1) is 25.7 Å². The number of methoxy groups -OCH3 is 2. The molecule has 0 bridgehead atoms. The Morgan fingerprint density at radius 3 is 2.67 bits per heavy atom. The van der Waals surface area contributed by atoms with Gasteiger partial charge >= 0.3 is 5.69 Å². The predicted molar refractivity (Wildman–Crippen MR) is 86.4 cm³/mol. The molecule has 0 spiro atoms. The number of benzene rings is 1. The van der Waals surface area contributed by atoms with E-state index < -0.39 is 11.0 Å². The Labute approximate surface area is 138 Å². The maximum Gasteiger partial charge on any atom is 0.311 e. The van der Waals surface area contributed by atoms with E-state index in [0.717, 1.165) is 5.56 Å². The van der Waals surface area contributed by atoms with Crippen LogP contribution in [0.15, 0.2) is 30.5 Å². The fourth-order valence-electron chi connectivity index (χ4n) is 3.01. The first-order valence-electron chi connectivity index (χ1n) is 7.33. The van der Waals surface area contributed by atoms with E-state index in [4.69, 9.17) is 9.47 Å². The Hall–Kier alpha value is -2.87. The third-order valence-corrected chi connectivity index (χ3v) is 4.05. The molecule has 2 aromatic rings. The summed E-state index contributed by atoms with van der Waals surface area (Å²) in [5, 5.41) is 21.8. The van der Waals surface area contributed by atoms with Gasteiger partial charge in [0.2, 0.25) is 5.82 Å². The van der Waals surface area contributed by atoms with E-state index in [1.165, 1.54) is 32.5 Å². The zero-order chi connectivity index (χ0) is 17.3. The number of anilines is 1. The summed E-state index contributed by atoms with van der Waals surface area (Å²) in [4.78, 5) is 16.6. The second-order valence-electron chi connectivity index (χ2n) is 5.36. The van der Waals surface area contributed by atoms with Crippen molar-refractivity contribution in [2.45, 2.75) is 12.6 Å². The van der Waals surface area contributed by atoms with Crippen LogP contribution in [0.1, 0.15) is 17.2 Å². The minimum absolute atomic E-state index is 0.102. The first-order valence-corrected chi connectivity index (χ1v) is 7.33. The molecule has 1 atom stereocenters. The highest BCUT2D eigenvalue weighted by molar-refractivity contribution is 5.61. The van der Waals surface area contributed by atoms with E-state index in [9.17, 15) is 15.2 Å². The normalized spacial score (nSPS) is 16.5. The number of β-amino-alcohol motifs (C(OH)–C–C–N with tert-alkyl or cyclic N) is 1. The third kappa shape index (κ3) is 2.61. The molecule has 126 valence electrons. The van der Waals surface area contributed by atoms with Crippen LogP contribution in [0.2, 0.25) is 0 Å². The van der Waals surface area contributed by atoms with Gasteiger partial charge in [-0.1, -0.05) is 0 Å². The van der Waals surface area contributed by atoms with Crippen LogP contribution < -0.4 is 14.4 Å². The maximum absolute atomic E-state index is 11.2. The number of nitrogens with zero attached hydrogens (tertiary/aromatic N) is 3. The minimum atomic E-state index is -0.875. The molecule has 8 nitrogen and oxygen atoms in total. The first-order chi connectivity index (χ1) is 11.6. The molecule has 0 radical (unpaired) electrons. The van der Waals surface area contributed by atoms with Crippen molar-refractivity contribution in [3.63, 3.8) is 0 Å². The Kier molecular flexibility index (Phi) is 4.22. The molecule has 0 saturated carbocycles. The van der Waals surface area contributed by atoms with Crippen molar-refractivity contribution < 1.29 is 19.5 Å². The molecule has 24 heavy (non-hydrogen) atoms. The highest BCUT2D eigenvalue weighted by Gasteiger charge is 2.32. The van der Waals surface area contributed by atoms with Crippen molar-refractivity contribution >= 4 is 11.5 Å². The Bertz CT molecular complexity index is 780. The number of pyridine rings is 1. The first kappa shape index (κ1) is 16.0. The molecule has 0 saturated heterocycles. The van der Waals surface area contributed by atoms with E-state index in [2.05, 4.69) is 4.98 Å². The van der Waals surface area contributed by atoms with Crippen molar-refractivity contribution in [3.8, 4) is 11.5 Å². The number of hydrogen-bond donors (Lipinski definition) is 1. The zero-order valence-electron chi connectivity index (χ0n) is 13.3. The Balaban J connectivity index is 2.08. The van der Waals surface area contributed by atoms with E-state index in [1.54, 1.807) is 17.0 Å². The largest absolute Gasteiger partial charge is 0.496 e. The minimum Gasteiger partial charge on any atom is -0.496 e. The quantitative estimate of drug-likeness (QED) is 0.676. The fourth-order valence-corrected chi connectivity index (χ4v) is 3.01. The van der Waals surface area contributed by atoms with Gasteiger partial charge in [0, 0.05) is 29.9 Å². The standard InChI is InChI=1S/C16H17N3O5/c1-23-13-5-6-14(24-2)15-10(13)8-18(9-12(15)20)16-11(19(21)22)4-3-7-17-16/h3-7,12,20H,8-9H2,1-2H3/t12-/m1/s1. The number of nitro groups is 1. The number of fused-ring (bicyclic) bond motifs is 1. The summed E-state index contributed by atoms with van der Waals surface area (Å²) in [6.07, 6.45) is 0.618. The van der Waals surface area contributed by atoms with Gasteiger partial charge in [-0.25, -0.2) is 4.98 Å². The van der Waals surface area contributed by atoms with Crippen molar-refractivity contribution in [1.82, 2.24) is 4.98 Å². The second kappa shape index (κ2) is 6.32. The Morgan fingerprint density at radius 1 is 1.29 bits per heavy atom. The lowest BCUT2D eigenvalue weighted by molar-refractivity contribution is -0.384. The average Bonchev–Trinajstić information content (AvgIpc) is 2.60. The van der Waals surface area contributed by atoms with Crippen LogP contribution in [0.4, 0.5) is 11.5 Å². The molecule has 1 aromatic carbocycles. The summed E-state index contributed by atoms with van der Waals surface area (Å²) in [7, 11) is 3.07. The predicted octanol–water partition coefficient (Wildman–Crippen LogP) is 2.06. The molecular weight excluding hydrogens is 314 g/mol.